The molecule has 1 atom stereocenters. The van der Waals surface area contributed by atoms with Gasteiger partial charge in [0.15, 0.2) is 0 Å². The normalized spacial score (nSPS) is 12.2. The van der Waals surface area contributed by atoms with Crippen LogP contribution in [0.3, 0.4) is 0 Å². The predicted octanol–water partition coefficient (Wildman–Crippen LogP) is 1.59. The van der Waals surface area contributed by atoms with Gasteiger partial charge in [-0.25, -0.2) is 0 Å². The second-order valence-corrected chi connectivity index (χ2v) is 4.78. The van der Waals surface area contributed by atoms with Gasteiger partial charge in [-0.05, 0) is 24.9 Å². The predicted molar refractivity (Wildman–Crippen MR) is 70.7 cm³/mol. The van der Waals surface area contributed by atoms with Gasteiger partial charge in [0, 0.05) is 13.6 Å². The SMILES string of the molecule is Cc1ccc(CC(=O)N(C)CC(C)CN)cc1. The molecule has 0 saturated carbocycles. The van der Waals surface area contributed by atoms with E-state index in [9.17, 15) is 4.79 Å². The third-order valence-electron chi connectivity index (χ3n) is 2.89. The van der Waals surface area contributed by atoms with Crippen LogP contribution in [0.2, 0.25) is 0 Å². The molecule has 0 heterocycles. The highest BCUT2D eigenvalue weighted by Crippen LogP contribution is 2.06. The Hall–Kier alpha value is -1.35. The summed E-state index contributed by atoms with van der Waals surface area (Å²) in [6, 6.07) is 8.08. The summed E-state index contributed by atoms with van der Waals surface area (Å²) < 4.78 is 0. The van der Waals surface area contributed by atoms with Gasteiger partial charge in [0.2, 0.25) is 5.91 Å². The molecule has 0 radical (unpaired) electrons. The van der Waals surface area contributed by atoms with Gasteiger partial charge < -0.3 is 10.6 Å². The number of aryl methyl sites for hydroxylation is 1. The lowest BCUT2D eigenvalue weighted by Crippen LogP contribution is -2.34. The molecule has 1 unspecified atom stereocenters. The minimum absolute atomic E-state index is 0.147. The van der Waals surface area contributed by atoms with E-state index in [1.807, 2.05) is 38.2 Å². The molecule has 0 saturated heterocycles. The minimum Gasteiger partial charge on any atom is -0.345 e. The zero-order chi connectivity index (χ0) is 12.8. The number of hydrogen-bond acceptors (Lipinski definition) is 2. The molecule has 1 amide bonds. The molecule has 0 fully saturated rings. The number of benzene rings is 1. The van der Waals surface area contributed by atoms with Crippen LogP contribution in [-0.4, -0.2) is 30.9 Å². The van der Waals surface area contributed by atoms with Crippen LogP contribution in [0.1, 0.15) is 18.1 Å². The van der Waals surface area contributed by atoms with Crippen LogP contribution in [0, 0.1) is 12.8 Å². The summed E-state index contributed by atoms with van der Waals surface area (Å²) >= 11 is 0. The van der Waals surface area contributed by atoms with Crippen LogP contribution < -0.4 is 5.73 Å². The molecule has 1 aromatic carbocycles. The Morgan fingerprint density at radius 1 is 1.35 bits per heavy atom. The van der Waals surface area contributed by atoms with Crippen molar-refractivity contribution in [2.45, 2.75) is 20.3 Å². The summed E-state index contributed by atoms with van der Waals surface area (Å²) in [6.45, 7) is 5.43. The number of rotatable bonds is 5. The molecule has 0 aliphatic heterocycles. The minimum atomic E-state index is 0.147. The summed E-state index contributed by atoms with van der Waals surface area (Å²) in [5.41, 5.74) is 7.83. The summed E-state index contributed by atoms with van der Waals surface area (Å²) in [6.07, 6.45) is 0.466. The highest BCUT2D eigenvalue weighted by molar-refractivity contribution is 5.78. The molecule has 0 aliphatic rings. The lowest BCUT2D eigenvalue weighted by molar-refractivity contribution is -0.129. The smallest absolute Gasteiger partial charge is 0.226 e. The van der Waals surface area contributed by atoms with E-state index < -0.39 is 0 Å². The molecule has 3 heteroatoms. The van der Waals surface area contributed by atoms with Crippen LogP contribution in [0.25, 0.3) is 0 Å². The Balaban J connectivity index is 2.51. The van der Waals surface area contributed by atoms with Crippen molar-refractivity contribution in [3.63, 3.8) is 0 Å². The van der Waals surface area contributed by atoms with Gasteiger partial charge >= 0.3 is 0 Å². The summed E-state index contributed by atoms with van der Waals surface area (Å²) in [5.74, 6) is 0.496. The van der Waals surface area contributed by atoms with Gasteiger partial charge in [0.1, 0.15) is 0 Å². The van der Waals surface area contributed by atoms with Crippen LogP contribution in [-0.2, 0) is 11.2 Å². The Labute approximate surface area is 104 Å². The maximum absolute atomic E-state index is 11.9. The van der Waals surface area contributed by atoms with E-state index in [0.29, 0.717) is 18.9 Å². The number of nitrogens with zero attached hydrogens (tertiary/aromatic N) is 1. The summed E-state index contributed by atoms with van der Waals surface area (Å²) in [4.78, 5) is 13.7. The zero-order valence-electron chi connectivity index (χ0n) is 10.9. The molecule has 2 N–H and O–H groups in total. The number of nitrogens with two attached hydrogens (primary N) is 1. The third kappa shape index (κ3) is 4.57. The van der Waals surface area contributed by atoms with E-state index in [0.717, 1.165) is 12.1 Å². The van der Waals surface area contributed by atoms with Gasteiger partial charge in [0.25, 0.3) is 0 Å². The Kier molecular flexibility index (Phi) is 5.16. The highest BCUT2D eigenvalue weighted by atomic mass is 16.2. The summed E-state index contributed by atoms with van der Waals surface area (Å²) in [5, 5.41) is 0. The second kappa shape index (κ2) is 6.40. The van der Waals surface area contributed by atoms with Crippen molar-refractivity contribution < 1.29 is 4.79 Å². The lowest BCUT2D eigenvalue weighted by Gasteiger charge is -2.20. The molecule has 0 bridgehead atoms. The number of likely N-dealkylation sites (N-methyl/N-ethyl adjacent to an activating group) is 1. The van der Waals surface area contributed by atoms with E-state index in [2.05, 4.69) is 6.92 Å². The van der Waals surface area contributed by atoms with E-state index in [4.69, 9.17) is 5.73 Å². The van der Waals surface area contributed by atoms with Crippen molar-refractivity contribution in [1.29, 1.82) is 0 Å². The fourth-order valence-corrected chi connectivity index (χ4v) is 1.66. The molecule has 0 aliphatic carbocycles. The first-order valence-electron chi connectivity index (χ1n) is 6.02. The van der Waals surface area contributed by atoms with Crippen molar-refractivity contribution in [2.24, 2.45) is 11.7 Å². The molecule has 0 spiro atoms. The van der Waals surface area contributed by atoms with E-state index >= 15 is 0 Å². The van der Waals surface area contributed by atoms with Gasteiger partial charge in [-0.2, -0.15) is 0 Å². The van der Waals surface area contributed by atoms with Crippen molar-refractivity contribution in [2.75, 3.05) is 20.1 Å². The summed E-state index contributed by atoms with van der Waals surface area (Å²) in [7, 11) is 1.84. The van der Waals surface area contributed by atoms with Gasteiger partial charge in [-0.1, -0.05) is 36.8 Å². The maximum Gasteiger partial charge on any atom is 0.226 e. The first-order chi connectivity index (χ1) is 8.02. The van der Waals surface area contributed by atoms with E-state index in [-0.39, 0.29) is 5.91 Å². The Bertz CT molecular complexity index is 359. The number of carbonyl (C=O) groups excluding carboxylic acids is 1. The molecular formula is C14H22N2O. The monoisotopic (exact) mass is 234 g/mol. The molecule has 1 aromatic rings. The van der Waals surface area contributed by atoms with Crippen molar-refractivity contribution in [3.05, 3.63) is 35.4 Å². The van der Waals surface area contributed by atoms with Crippen LogP contribution in [0.15, 0.2) is 24.3 Å². The van der Waals surface area contributed by atoms with Gasteiger partial charge in [0.05, 0.1) is 6.42 Å². The van der Waals surface area contributed by atoms with Gasteiger partial charge in [-0.3, -0.25) is 4.79 Å². The largest absolute Gasteiger partial charge is 0.345 e. The quantitative estimate of drug-likeness (QED) is 0.841. The molecule has 94 valence electrons. The van der Waals surface area contributed by atoms with Crippen LogP contribution in [0.4, 0.5) is 0 Å². The number of carbonyl (C=O) groups is 1. The average Bonchev–Trinajstić information content (AvgIpc) is 2.31. The topological polar surface area (TPSA) is 46.3 Å². The standard InChI is InChI=1S/C14H22N2O/c1-11-4-6-13(7-5-11)8-14(17)16(3)10-12(2)9-15/h4-7,12H,8-10,15H2,1-3H3. The molecule has 3 nitrogen and oxygen atoms in total. The van der Waals surface area contributed by atoms with Crippen molar-refractivity contribution in [1.82, 2.24) is 4.90 Å². The number of amides is 1. The average molecular weight is 234 g/mol. The van der Waals surface area contributed by atoms with Gasteiger partial charge in [-0.15, -0.1) is 0 Å². The maximum atomic E-state index is 11.9. The van der Waals surface area contributed by atoms with Crippen LogP contribution in [0.5, 0.6) is 0 Å². The fraction of sp³-hybridized carbons (Fsp3) is 0.500. The molecule has 0 aromatic heterocycles. The highest BCUT2D eigenvalue weighted by Gasteiger charge is 2.11. The zero-order valence-corrected chi connectivity index (χ0v) is 10.9. The lowest BCUT2D eigenvalue weighted by atomic mass is 10.1. The molecule has 1 rings (SSSR count). The Morgan fingerprint density at radius 3 is 2.47 bits per heavy atom. The number of hydrogen-bond donors (Lipinski definition) is 1. The first-order valence-corrected chi connectivity index (χ1v) is 6.02. The first kappa shape index (κ1) is 13.7. The van der Waals surface area contributed by atoms with Crippen LogP contribution >= 0.6 is 0 Å². The van der Waals surface area contributed by atoms with Crippen molar-refractivity contribution in [3.8, 4) is 0 Å². The Morgan fingerprint density at radius 2 is 1.94 bits per heavy atom. The second-order valence-electron chi connectivity index (χ2n) is 4.78. The molecule has 17 heavy (non-hydrogen) atoms. The van der Waals surface area contributed by atoms with E-state index in [1.54, 1.807) is 4.90 Å². The van der Waals surface area contributed by atoms with E-state index in [1.165, 1.54) is 5.56 Å². The fourth-order valence-electron chi connectivity index (χ4n) is 1.66. The molecular weight excluding hydrogens is 212 g/mol. The van der Waals surface area contributed by atoms with Crippen molar-refractivity contribution >= 4 is 5.91 Å². The third-order valence-corrected chi connectivity index (χ3v) is 2.89.